The van der Waals surface area contributed by atoms with Gasteiger partial charge in [0, 0.05) is 78.5 Å². The van der Waals surface area contributed by atoms with E-state index in [2.05, 4.69) is 15.0 Å². The minimum Gasteiger partial charge on any atom is -0.338 e. The zero-order valence-corrected chi connectivity index (χ0v) is 23.5. The number of hydrogen-bond acceptors (Lipinski definition) is 12. The maximum absolute atomic E-state index is 5.74. The minimum atomic E-state index is 0. The lowest BCUT2D eigenvalue weighted by Gasteiger charge is -2.28. The molecule has 0 unspecified atom stereocenters. The van der Waals surface area contributed by atoms with E-state index >= 15 is 0 Å². The van der Waals surface area contributed by atoms with Crippen LogP contribution in [0.4, 0.5) is 17.8 Å². The Morgan fingerprint density at radius 3 is 0.636 bits per heavy atom. The fourth-order valence-corrected chi connectivity index (χ4v) is 2.64. The van der Waals surface area contributed by atoms with E-state index in [9.17, 15) is 0 Å². The van der Waals surface area contributed by atoms with Gasteiger partial charge in [-0.15, -0.1) is 74.4 Å². The number of anilines is 3. The molecule has 12 nitrogen and oxygen atoms in total. The molecule has 0 spiro atoms. The maximum atomic E-state index is 5.74. The van der Waals surface area contributed by atoms with E-state index in [1.807, 2.05) is 14.7 Å². The van der Waals surface area contributed by atoms with Gasteiger partial charge in [0.1, 0.15) is 0 Å². The summed E-state index contributed by atoms with van der Waals surface area (Å²) in [5.74, 6) is 1.55. The number of halogens is 6. The Hall–Kier alpha value is -0.0900. The van der Waals surface area contributed by atoms with Gasteiger partial charge in [-0.25, -0.2) is 0 Å². The third kappa shape index (κ3) is 16.3. The minimum absolute atomic E-state index is 0. The summed E-state index contributed by atoms with van der Waals surface area (Å²) in [6, 6.07) is 0. The van der Waals surface area contributed by atoms with E-state index in [0.29, 0.717) is 96.4 Å². The first-order chi connectivity index (χ1) is 13.1. The quantitative estimate of drug-likeness (QED) is 0.137. The van der Waals surface area contributed by atoms with Crippen LogP contribution in [0.15, 0.2) is 0 Å². The second-order valence-corrected chi connectivity index (χ2v) is 5.93. The molecule has 0 bridgehead atoms. The Morgan fingerprint density at radius 1 is 0.364 bits per heavy atom. The largest absolute Gasteiger partial charge is 0.338 e. The molecule has 0 aliphatic rings. The van der Waals surface area contributed by atoms with Crippen LogP contribution < -0.4 is 49.1 Å². The Bertz CT molecular complexity index is 434. The van der Waals surface area contributed by atoms with Gasteiger partial charge in [-0.1, -0.05) is 0 Å². The van der Waals surface area contributed by atoms with Crippen LogP contribution >= 0.6 is 74.4 Å². The molecule has 0 atom stereocenters. The number of rotatable bonds is 15. The van der Waals surface area contributed by atoms with Gasteiger partial charge >= 0.3 is 0 Å². The average Bonchev–Trinajstić information content (AvgIpc) is 2.67. The molecule has 0 aliphatic carbocycles. The van der Waals surface area contributed by atoms with Gasteiger partial charge in [-0.05, 0) is 0 Å². The second kappa shape index (κ2) is 28.1. The van der Waals surface area contributed by atoms with E-state index in [1.54, 1.807) is 0 Å². The fourth-order valence-electron chi connectivity index (χ4n) is 2.64. The van der Waals surface area contributed by atoms with Crippen LogP contribution in [-0.2, 0) is 0 Å². The van der Waals surface area contributed by atoms with Crippen LogP contribution in [0.5, 0.6) is 0 Å². The lowest BCUT2D eigenvalue weighted by atomic mass is 10.4. The molecule has 1 heterocycles. The highest BCUT2D eigenvalue weighted by Crippen LogP contribution is 2.18. The highest BCUT2D eigenvalue weighted by molar-refractivity contribution is 5.86. The average molecular weight is 603 g/mol. The van der Waals surface area contributed by atoms with Gasteiger partial charge in [0.25, 0.3) is 0 Å². The molecule has 1 aromatic rings. The predicted molar refractivity (Wildman–Crippen MR) is 154 cm³/mol. The fraction of sp³-hybridized carbons (Fsp3) is 0.800. The Balaban J connectivity index is -0.000000304. The van der Waals surface area contributed by atoms with Crippen molar-refractivity contribution >= 4 is 92.3 Å². The van der Waals surface area contributed by atoms with Crippen molar-refractivity contribution in [3.05, 3.63) is 0 Å². The van der Waals surface area contributed by atoms with Gasteiger partial charge in [-0.3, -0.25) is 0 Å². The van der Waals surface area contributed by atoms with E-state index in [0.717, 1.165) is 0 Å². The van der Waals surface area contributed by atoms with Crippen LogP contribution in [0, 0.1) is 0 Å². The third-order valence-corrected chi connectivity index (χ3v) is 3.84. The SMILES string of the molecule is Cl.Cl.Cl.Cl.Cl.Cl.NCCN(CCN)c1nc(N(CCN)CCN)nc(N(CCN)CCN)n1. The number of nitrogens with two attached hydrogens (primary N) is 6. The van der Waals surface area contributed by atoms with Crippen molar-refractivity contribution in [1.82, 2.24) is 15.0 Å². The monoisotopic (exact) mass is 600 g/mol. The second-order valence-electron chi connectivity index (χ2n) is 5.93. The molecule has 18 heteroatoms. The van der Waals surface area contributed by atoms with Gasteiger partial charge < -0.3 is 49.1 Å². The van der Waals surface area contributed by atoms with Crippen molar-refractivity contribution in [2.75, 3.05) is 93.2 Å². The van der Waals surface area contributed by atoms with Crippen molar-refractivity contribution in [3.8, 4) is 0 Å². The molecule has 1 aromatic heterocycles. The molecule has 1 rings (SSSR count). The molecular formula is C15H42Cl6N12. The first-order valence-electron chi connectivity index (χ1n) is 9.36. The zero-order chi connectivity index (χ0) is 20.1. The van der Waals surface area contributed by atoms with Crippen LogP contribution in [-0.4, -0.2) is 93.5 Å². The summed E-state index contributed by atoms with van der Waals surface area (Å²) in [7, 11) is 0. The number of aromatic nitrogens is 3. The Labute approximate surface area is 234 Å². The molecule has 204 valence electrons. The lowest BCUT2D eigenvalue weighted by Crippen LogP contribution is -2.40. The van der Waals surface area contributed by atoms with Gasteiger partial charge in [0.15, 0.2) is 0 Å². The summed E-state index contributed by atoms with van der Waals surface area (Å²) in [6.07, 6.45) is 0. The molecule has 33 heavy (non-hydrogen) atoms. The van der Waals surface area contributed by atoms with Crippen molar-refractivity contribution < 1.29 is 0 Å². The molecular weight excluding hydrogens is 561 g/mol. The Morgan fingerprint density at radius 2 is 0.515 bits per heavy atom. The van der Waals surface area contributed by atoms with Crippen LogP contribution in [0.1, 0.15) is 0 Å². The summed E-state index contributed by atoms with van der Waals surface area (Å²) >= 11 is 0. The van der Waals surface area contributed by atoms with Crippen LogP contribution in [0.3, 0.4) is 0 Å². The molecule has 0 saturated carbocycles. The smallest absolute Gasteiger partial charge is 0.232 e. The summed E-state index contributed by atoms with van der Waals surface area (Å²) < 4.78 is 0. The molecule has 0 aromatic carbocycles. The van der Waals surface area contributed by atoms with Crippen molar-refractivity contribution in [2.45, 2.75) is 0 Å². The summed E-state index contributed by atoms with van der Waals surface area (Å²) in [5, 5.41) is 0. The highest BCUT2D eigenvalue weighted by atomic mass is 35.5. The summed E-state index contributed by atoms with van der Waals surface area (Å²) in [6.45, 7) is 6.27. The molecule has 0 saturated heterocycles. The molecule has 0 fully saturated rings. The predicted octanol–water partition coefficient (Wildman–Crippen LogP) is -1.43. The zero-order valence-electron chi connectivity index (χ0n) is 18.6. The van der Waals surface area contributed by atoms with E-state index in [-0.39, 0.29) is 74.4 Å². The van der Waals surface area contributed by atoms with Crippen molar-refractivity contribution in [1.29, 1.82) is 0 Å². The van der Waals surface area contributed by atoms with Crippen LogP contribution in [0.2, 0.25) is 0 Å². The molecule has 0 aliphatic heterocycles. The first kappa shape index (κ1) is 46.3. The highest BCUT2D eigenvalue weighted by Gasteiger charge is 2.19. The topological polar surface area (TPSA) is 205 Å². The lowest BCUT2D eigenvalue weighted by molar-refractivity contribution is 0.702. The van der Waals surface area contributed by atoms with E-state index in [1.165, 1.54) is 0 Å². The molecule has 12 N–H and O–H groups in total. The summed E-state index contributed by atoms with van der Waals surface area (Å²) in [5.41, 5.74) is 34.5. The van der Waals surface area contributed by atoms with Crippen LogP contribution in [0.25, 0.3) is 0 Å². The standard InChI is InChI=1S/C15H36N12.6ClH/c16-1-7-25(8-2-17)13-22-14(26(9-3-18)10-4-19)24-15(23-13)27(11-5-20)12-6-21;;;;;;/h1-12,16-21H2;6*1H. The number of hydrogen-bond donors (Lipinski definition) is 6. The summed E-state index contributed by atoms with van der Waals surface area (Å²) in [4.78, 5) is 19.7. The number of nitrogens with zero attached hydrogens (tertiary/aromatic N) is 6. The molecule has 0 amide bonds. The van der Waals surface area contributed by atoms with Crippen molar-refractivity contribution in [3.63, 3.8) is 0 Å². The third-order valence-electron chi connectivity index (χ3n) is 3.84. The first-order valence-corrected chi connectivity index (χ1v) is 9.36. The van der Waals surface area contributed by atoms with Gasteiger partial charge in [0.2, 0.25) is 17.8 Å². The van der Waals surface area contributed by atoms with Crippen molar-refractivity contribution in [2.24, 2.45) is 34.4 Å². The Kier molecular flexibility index (Phi) is 39.5. The van der Waals surface area contributed by atoms with E-state index < -0.39 is 0 Å². The van der Waals surface area contributed by atoms with Gasteiger partial charge in [-0.2, -0.15) is 15.0 Å². The van der Waals surface area contributed by atoms with E-state index in [4.69, 9.17) is 34.4 Å². The molecule has 0 radical (unpaired) electrons. The normalized spacial score (nSPS) is 8.91. The maximum Gasteiger partial charge on any atom is 0.232 e. The van der Waals surface area contributed by atoms with Gasteiger partial charge in [0.05, 0.1) is 0 Å².